The molecule has 0 aromatic carbocycles. The SMILES string of the molecule is CC(C)(C)C[N]. The fraction of sp³-hybridized carbons (Fsp3) is 1.00. The molecule has 1 heteroatoms. The molecule has 0 bridgehead atoms. The van der Waals surface area contributed by atoms with Crippen LogP contribution in [0, 0.1) is 5.41 Å². The van der Waals surface area contributed by atoms with Gasteiger partial charge in [-0.15, -0.1) is 5.73 Å². The van der Waals surface area contributed by atoms with Crippen LogP contribution in [0.4, 0.5) is 0 Å². The third-order valence-electron chi connectivity index (χ3n) is 0.474. The molecule has 0 rings (SSSR count). The van der Waals surface area contributed by atoms with Crippen LogP contribution < -0.4 is 5.73 Å². The summed E-state index contributed by atoms with van der Waals surface area (Å²) in [7, 11) is 0. The molecule has 0 atom stereocenters. The molecule has 1 nitrogen and oxygen atoms in total. The summed E-state index contributed by atoms with van der Waals surface area (Å²) in [5.41, 5.74) is 8.50. The molecule has 0 amide bonds. The molecule has 2 radical (unpaired) electrons. The summed E-state index contributed by atoms with van der Waals surface area (Å²) >= 11 is 0. The number of rotatable bonds is 0. The van der Waals surface area contributed by atoms with Crippen molar-refractivity contribution >= 4 is 0 Å². The maximum atomic E-state index is 8.40. The average Bonchev–Trinajstić information content (AvgIpc) is 1.35. The highest BCUT2D eigenvalue weighted by Gasteiger charge is 2.05. The smallest absolute Gasteiger partial charge is 0.0370 e. The van der Waals surface area contributed by atoms with Crippen molar-refractivity contribution in [1.29, 1.82) is 0 Å². The van der Waals surface area contributed by atoms with Crippen molar-refractivity contribution in [1.82, 2.24) is 5.73 Å². The second kappa shape index (κ2) is 1.61. The molecular weight excluding hydrogens is 74.1 g/mol. The van der Waals surface area contributed by atoms with Crippen LogP contribution in [0.3, 0.4) is 0 Å². The molecule has 0 aliphatic carbocycles. The fourth-order valence-electron chi connectivity index (χ4n) is 0. The van der Waals surface area contributed by atoms with Gasteiger partial charge in [0, 0.05) is 6.54 Å². The van der Waals surface area contributed by atoms with Crippen LogP contribution in [0.1, 0.15) is 20.8 Å². The van der Waals surface area contributed by atoms with E-state index in [0.29, 0.717) is 0 Å². The molecule has 0 heterocycles. The summed E-state index contributed by atoms with van der Waals surface area (Å²) in [6.07, 6.45) is 0. The molecule has 0 saturated carbocycles. The van der Waals surface area contributed by atoms with Gasteiger partial charge in [-0.05, 0) is 5.41 Å². The van der Waals surface area contributed by atoms with E-state index in [0.717, 1.165) is 0 Å². The lowest BCUT2D eigenvalue weighted by molar-refractivity contribution is 0.422. The highest BCUT2D eigenvalue weighted by atomic mass is 14.6. The Morgan fingerprint density at radius 2 is 1.50 bits per heavy atom. The van der Waals surface area contributed by atoms with Crippen LogP contribution in [-0.2, 0) is 0 Å². The molecular formula is C5H11N. The third kappa shape index (κ3) is 3.96. The lowest BCUT2D eigenvalue weighted by atomic mass is 9.98. The van der Waals surface area contributed by atoms with Crippen molar-refractivity contribution in [2.24, 2.45) is 5.41 Å². The van der Waals surface area contributed by atoms with Crippen molar-refractivity contribution in [2.45, 2.75) is 20.8 Å². The van der Waals surface area contributed by atoms with Gasteiger partial charge in [-0.25, -0.2) is 0 Å². The van der Waals surface area contributed by atoms with E-state index in [1.54, 1.807) is 0 Å². The van der Waals surface area contributed by atoms with Gasteiger partial charge in [0.2, 0.25) is 0 Å². The summed E-state index contributed by atoms with van der Waals surface area (Å²) in [5.74, 6) is 0. The second-order valence-corrected chi connectivity index (χ2v) is 2.72. The molecule has 0 fully saturated rings. The summed E-state index contributed by atoms with van der Waals surface area (Å²) in [6, 6.07) is 0. The first-order valence-corrected chi connectivity index (χ1v) is 2.17. The van der Waals surface area contributed by atoms with E-state index in [2.05, 4.69) is 0 Å². The van der Waals surface area contributed by atoms with Gasteiger partial charge in [0.05, 0.1) is 0 Å². The molecule has 0 aliphatic heterocycles. The zero-order chi connectivity index (χ0) is 5.21. The molecule has 0 aromatic heterocycles. The van der Waals surface area contributed by atoms with Gasteiger partial charge in [0.15, 0.2) is 0 Å². The molecule has 0 aromatic rings. The standard InChI is InChI=1S/C5H11N/c1-5(2,3)4-6/h4H2,1-3H3. The minimum Gasteiger partial charge on any atom is -0.144 e. The first kappa shape index (κ1) is 5.96. The Bertz CT molecular complexity index is 33.7. The minimum absolute atomic E-state index is 0.0972. The largest absolute Gasteiger partial charge is 0.144 e. The predicted octanol–water partition coefficient (Wildman–Crippen LogP) is 1.10. The molecule has 0 unspecified atom stereocenters. The van der Waals surface area contributed by atoms with Gasteiger partial charge < -0.3 is 0 Å². The maximum absolute atomic E-state index is 8.40. The van der Waals surface area contributed by atoms with E-state index in [1.807, 2.05) is 20.8 Å². The fourth-order valence-corrected chi connectivity index (χ4v) is 0. The maximum Gasteiger partial charge on any atom is 0.0370 e. The van der Waals surface area contributed by atoms with E-state index < -0.39 is 0 Å². The van der Waals surface area contributed by atoms with Crippen LogP contribution in [-0.4, -0.2) is 6.54 Å². The van der Waals surface area contributed by atoms with E-state index in [1.165, 1.54) is 0 Å². The zero-order valence-corrected chi connectivity index (χ0v) is 4.65. The summed E-state index contributed by atoms with van der Waals surface area (Å²) in [6.45, 7) is 6.25. The number of hydrogen-bond acceptors (Lipinski definition) is 0. The summed E-state index contributed by atoms with van der Waals surface area (Å²) in [4.78, 5) is 0. The molecule has 0 spiro atoms. The number of nitrogens with zero attached hydrogens (tertiary/aromatic N) is 1. The Labute approximate surface area is 39.5 Å². The molecule has 0 aliphatic rings. The van der Waals surface area contributed by atoms with E-state index in [4.69, 9.17) is 5.73 Å². The van der Waals surface area contributed by atoms with Crippen molar-refractivity contribution < 1.29 is 0 Å². The van der Waals surface area contributed by atoms with Crippen LogP contribution in [0.25, 0.3) is 0 Å². The normalized spacial score (nSPS) is 12.0. The lowest BCUT2D eigenvalue weighted by Crippen LogP contribution is -2.11. The Kier molecular flexibility index (Phi) is 1.59. The van der Waals surface area contributed by atoms with Crippen molar-refractivity contribution in [3.63, 3.8) is 0 Å². The lowest BCUT2D eigenvalue weighted by Gasteiger charge is -2.10. The highest BCUT2D eigenvalue weighted by Crippen LogP contribution is 2.08. The topological polar surface area (TPSA) is 22.3 Å². The molecule has 0 N–H and O–H groups in total. The van der Waals surface area contributed by atoms with E-state index in [-0.39, 0.29) is 12.0 Å². The van der Waals surface area contributed by atoms with Crippen molar-refractivity contribution in [3.05, 3.63) is 0 Å². The van der Waals surface area contributed by atoms with Crippen LogP contribution in [0.2, 0.25) is 0 Å². The van der Waals surface area contributed by atoms with Gasteiger partial charge in [0.1, 0.15) is 0 Å². The Morgan fingerprint density at radius 1 is 1.33 bits per heavy atom. The summed E-state index contributed by atoms with van der Waals surface area (Å²) < 4.78 is 0. The Hall–Kier alpha value is -0.0400. The minimum atomic E-state index is 0.0972. The number of hydrogen-bond donors (Lipinski definition) is 0. The average molecular weight is 85.2 g/mol. The van der Waals surface area contributed by atoms with E-state index >= 15 is 0 Å². The van der Waals surface area contributed by atoms with Crippen molar-refractivity contribution in [3.8, 4) is 0 Å². The Balaban J connectivity index is 3.17. The third-order valence-corrected chi connectivity index (χ3v) is 0.474. The van der Waals surface area contributed by atoms with Crippen molar-refractivity contribution in [2.75, 3.05) is 6.54 Å². The van der Waals surface area contributed by atoms with E-state index in [9.17, 15) is 0 Å². The van der Waals surface area contributed by atoms with Gasteiger partial charge in [-0.3, -0.25) is 0 Å². The Morgan fingerprint density at radius 3 is 1.50 bits per heavy atom. The van der Waals surface area contributed by atoms with Gasteiger partial charge in [-0.2, -0.15) is 0 Å². The van der Waals surface area contributed by atoms with Crippen LogP contribution in [0.5, 0.6) is 0 Å². The molecule has 36 valence electrons. The first-order valence-electron chi connectivity index (χ1n) is 2.17. The first-order chi connectivity index (χ1) is 2.56. The van der Waals surface area contributed by atoms with Gasteiger partial charge in [0.25, 0.3) is 0 Å². The van der Waals surface area contributed by atoms with Gasteiger partial charge >= 0.3 is 0 Å². The molecule has 6 heavy (non-hydrogen) atoms. The summed E-state index contributed by atoms with van der Waals surface area (Å²) in [5, 5.41) is 0. The van der Waals surface area contributed by atoms with Crippen LogP contribution in [0.15, 0.2) is 0 Å². The molecule has 0 saturated heterocycles. The van der Waals surface area contributed by atoms with Gasteiger partial charge in [-0.1, -0.05) is 20.8 Å². The monoisotopic (exact) mass is 85.1 g/mol. The predicted molar refractivity (Wildman–Crippen MR) is 26.5 cm³/mol. The zero-order valence-electron chi connectivity index (χ0n) is 4.65. The quantitative estimate of drug-likeness (QED) is 0.420. The second-order valence-electron chi connectivity index (χ2n) is 2.72. The highest BCUT2D eigenvalue weighted by molar-refractivity contribution is 4.58. The van der Waals surface area contributed by atoms with Crippen LogP contribution >= 0.6 is 0 Å².